The highest BCUT2D eigenvalue weighted by Gasteiger charge is 2.02. The molecule has 1 aromatic carbocycles. The predicted octanol–water partition coefficient (Wildman–Crippen LogP) is 1.85. The molecule has 0 heterocycles. The van der Waals surface area contributed by atoms with Crippen LogP contribution in [0.1, 0.15) is 12.5 Å². The molecule has 0 saturated heterocycles. The van der Waals surface area contributed by atoms with E-state index in [1.54, 1.807) is 25.1 Å². The van der Waals surface area contributed by atoms with Crippen LogP contribution in [0.3, 0.4) is 0 Å². The number of hydrogen-bond acceptors (Lipinski definition) is 3. The Hall–Kier alpha value is -1.77. The van der Waals surface area contributed by atoms with Gasteiger partial charge in [-0.15, -0.1) is 0 Å². The molecule has 1 rings (SSSR count). The fourth-order valence-corrected chi connectivity index (χ4v) is 0.989. The van der Waals surface area contributed by atoms with Crippen LogP contribution in [0.25, 0.3) is 0 Å². The van der Waals surface area contributed by atoms with Gasteiger partial charge in [-0.05, 0) is 24.6 Å². The summed E-state index contributed by atoms with van der Waals surface area (Å²) in [5, 5.41) is 8.99. The van der Waals surface area contributed by atoms with E-state index in [1.807, 2.05) is 0 Å². The lowest BCUT2D eigenvalue weighted by Gasteiger charge is -2.04. The lowest BCUT2D eigenvalue weighted by atomic mass is 10.1. The minimum atomic E-state index is -0.377. The van der Waals surface area contributed by atoms with Crippen molar-refractivity contribution in [3.63, 3.8) is 0 Å². The molecule has 15 heavy (non-hydrogen) atoms. The Morgan fingerprint density at radius 3 is 2.87 bits per heavy atom. The molecule has 3 nitrogen and oxygen atoms in total. The van der Waals surface area contributed by atoms with Gasteiger partial charge in [-0.3, -0.25) is 0 Å². The predicted molar refractivity (Wildman–Crippen MR) is 56.4 cm³/mol. The van der Waals surface area contributed by atoms with E-state index >= 15 is 0 Å². The molecule has 0 atom stereocenters. The standard InChI is InChI=1S/C12H13O3/c1-9(2)12(14)15-8-7-10-3-5-11(13)6-4-10/h3-5,13H,1,7-8H2,2H3. The van der Waals surface area contributed by atoms with Crippen LogP contribution in [0.5, 0.6) is 5.75 Å². The van der Waals surface area contributed by atoms with Gasteiger partial charge in [-0.25, -0.2) is 4.79 Å². The highest BCUT2D eigenvalue weighted by molar-refractivity contribution is 5.86. The lowest BCUT2D eigenvalue weighted by Crippen LogP contribution is -2.07. The molecule has 0 aliphatic rings. The zero-order chi connectivity index (χ0) is 11.3. The molecule has 0 amide bonds. The number of esters is 1. The number of phenols is 1. The minimum absolute atomic E-state index is 0.109. The van der Waals surface area contributed by atoms with Crippen molar-refractivity contribution in [2.75, 3.05) is 6.61 Å². The molecule has 79 valence electrons. The number of rotatable bonds is 4. The maximum Gasteiger partial charge on any atom is 0.333 e. The monoisotopic (exact) mass is 205 g/mol. The second kappa shape index (κ2) is 5.20. The number of hydrogen-bond donors (Lipinski definition) is 1. The van der Waals surface area contributed by atoms with E-state index in [-0.39, 0.29) is 11.7 Å². The van der Waals surface area contributed by atoms with Crippen LogP contribution < -0.4 is 0 Å². The molecule has 0 aromatic heterocycles. The fourth-order valence-electron chi connectivity index (χ4n) is 0.989. The average Bonchev–Trinajstić information content (AvgIpc) is 2.20. The molecule has 0 spiro atoms. The normalized spacial score (nSPS) is 9.67. The Bertz CT molecular complexity index is 352. The van der Waals surface area contributed by atoms with Crippen molar-refractivity contribution in [2.24, 2.45) is 0 Å². The van der Waals surface area contributed by atoms with Gasteiger partial charge in [0.05, 0.1) is 6.61 Å². The number of ether oxygens (including phenoxy) is 1. The van der Waals surface area contributed by atoms with Gasteiger partial charge in [-0.2, -0.15) is 0 Å². The largest absolute Gasteiger partial charge is 0.507 e. The van der Waals surface area contributed by atoms with Crippen molar-refractivity contribution in [2.45, 2.75) is 13.3 Å². The first-order valence-corrected chi connectivity index (χ1v) is 4.62. The first-order chi connectivity index (χ1) is 7.09. The van der Waals surface area contributed by atoms with Crippen LogP contribution in [-0.2, 0) is 16.0 Å². The molecule has 0 bridgehead atoms. The van der Waals surface area contributed by atoms with Crippen LogP contribution in [0.15, 0.2) is 30.4 Å². The Labute approximate surface area is 89.0 Å². The third kappa shape index (κ3) is 3.85. The molecule has 0 unspecified atom stereocenters. The smallest absolute Gasteiger partial charge is 0.333 e. The van der Waals surface area contributed by atoms with Crippen molar-refractivity contribution >= 4 is 5.97 Å². The van der Waals surface area contributed by atoms with Gasteiger partial charge in [0.25, 0.3) is 0 Å². The molecule has 1 aromatic rings. The van der Waals surface area contributed by atoms with Gasteiger partial charge >= 0.3 is 5.97 Å². The van der Waals surface area contributed by atoms with Crippen molar-refractivity contribution in [3.8, 4) is 5.75 Å². The van der Waals surface area contributed by atoms with E-state index < -0.39 is 0 Å². The van der Waals surface area contributed by atoms with E-state index in [0.717, 1.165) is 5.56 Å². The minimum Gasteiger partial charge on any atom is -0.507 e. The Morgan fingerprint density at radius 1 is 1.60 bits per heavy atom. The lowest BCUT2D eigenvalue weighted by molar-refractivity contribution is -0.138. The third-order valence-corrected chi connectivity index (χ3v) is 1.83. The summed E-state index contributed by atoms with van der Waals surface area (Å²) in [6.07, 6.45) is 0.607. The van der Waals surface area contributed by atoms with Crippen molar-refractivity contribution in [3.05, 3.63) is 42.0 Å². The van der Waals surface area contributed by atoms with E-state index in [4.69, 9.17) is 9.84 Å². The van der Waals surface area contributed by atoms with Gasteiger partial charge in [-0.1, -0.05) is 12.6 Å². The molecule has 3 heteroatoms. The summed E-state index contributed by atoms with van der Waals surface area (Å²) >= 11 is 0. The van der Waals surface area contributed by atoms with Crippen LogP contribution >= 0.6 is 0 Å². The molecule has 0 aliphatic heterocycles. The number of aromatic hydroxyl groups is 1. The van der Waals surface area contributed by atoms with Crippen molar-refractivity contribution < 1.29 is 14.6 Å². The number of benzene rings is 1. The number of carbonyl (C=O) groups excluding carboxylic acids is 1. The topological polar surface area (TPSA) is 46.5 Å². The quantitative estimate of drug-likeness (QED) is 0.602. The summed E-state index contributed by atoms with van der Waals surface area (Å²) in [6, 6.07) is 7.64. The van der Waals surface area contributed by atoms with Gasteiger partial charge in [0, 0.05) is 18.1 Å². The fraction of sp³-hybridized carbons (Fsp3) is 0.250. The highest BCUT2D eigenvalue weighted by atomic mass is 16.5. The molecular formula is C12H13O3. The van der Waals surface area contributed by atoms with Crippen LogP contribution in [0, 0.1) is 6.07 Å². The zero-order valence-corrected chi connectivity index (χ0v) is 8.62. The van der Waals surface area contributed by atoms with E-state index in [1.165, 1.54) is 0 Å². The Morgan fingerprint density at radius 2 is 2.33 bits per heavy atom. The molecule has 0 fully saturated rings. The molecule has 0 aliphatic carbocycles. The SMILES string of the molecule is C=C(C)C(=O)OCCc1c[c]c(O)cc1. The third-order valence-electron chi connectivity index (χ3n) is 1.83. The second-order valence-corrected chi connectivity index (χ2v) is 3.25. The van der Waals surface area contributed by atoms with Crippen LogP contribution in [-0.4, -0.2) is 17.7 Å². The molecule has 1 N–H and O–H groups in total. The first-order valence-electron chi connectivity index (χ1n) is 4.62. The van der Waals surface area contributed by atoms with Gasteiger partial charge in [0.1, 0.15) is 5.75 Å². The second-order valence-electron chi connectivity index (χ2n) is 3.25. The van der Waals surface area contributed by atoms with Crippen molar-refractivity contribution in [1.82, 2.24) is 0 Å². The Kier molecular flexibility index (Phi) is 3.92. The molecule has 1 radical (unpaired) electrons. The van der Waals surface area contributed by atoms with Crippen LogP contribution in [0.2, 0.25) is 0 Å². The maximum atomic E-state index is 11.0. The first kappa shape index (κ1) is 11.3. The van der Waals surface area contributed by atoms with Gasteiger partial charge in [0.2, 0.25) is 0 Å². The molecule has 0 saturated carbocycles. The van der Waals surface area contributed by atoms with Crippen molar-refractivity contribution in [1.29, 1.82) is 0 Å². The number of carbonyl (C=O) groups is 1. The van der Waals surface area contributed by atoms with Gasteiger partial charge < -0.3 is 9.84 Å². The summed E-state index contributed by atoms with van der Waals surface area (Å²) in [6.45, 7) is 5.40. The van der Waals surface area contributed by atoms with E-state index in [0.29, 0.717) is 18.6 Å². The summed E-state index contributed by atoms with van der Waals surface area (Å²) in [7, 11) is 0. The Balaban J connectivity index is 2.35. The summed E-state index contributed by atoms with van der Waals surface area (Å²) in [5.41, 5.74) is 1.36. The number of phenolic OH excluding ortho intramolecular Hbond substituents is 1. The average molecular weight is 205 g/mol. The van der Waals surface area contributed by atoms with Gasteiger partial charge in [0.15, 0.2) is 0 Å². The summed E-state index contributed by atoms with van der Waals surface area (Å²) in [5.74, 6) is -0.268. The zero-order valence-electron chi connectivity index (χ0n) is 8.62. The maximum absolute atomic E-state index is 11.0. The van der Waals surface area contributed by atoms with E-state index in [2.05, 4.69) is 12.6 Å². The van der Waals surface area contributed by atoms with Crippen LogP contribution in [0.4, 0.5) is 0 Å². The summed E-state index contributed by atoms with van der Waals surface area (Å²) in [4.78, 5) is 11.0. The highest BCUT2D eigenvalue weighted by Crippen LogP contribution is 2.09. The summed E-state index contributed by atoms with van der Waals surface area (Å²) < 4.78 is 4.92. The molecular weight excluding hydrogens is 192 g/mol. The van der Waals surface area contributed by atoms with E-state index in [9.17, 15) is 4.79 Å².